The van der Waals surface area contributed by atoms with Crippen molar-refractivity contribution in [2.75, 3.05) is 29.8 Å². The molecule has 0 aromatic rings. The van der Waals surface area contributed by atoms with E-state index in [1.165, 1.54) is 16.6 Å². The number of ether oxygens (including phenoxy) is 2. The van der Waals surface area contributed by atoms with E-state index in [2.05, 4.69) is 0 Å². The molecule has 0 aromatic carbocycles. The second kappa shape index (κ2) is 5.00. The van der Waals surface area contributed by atoms with Gasteiger partial charge in [-0.1, -0.05) is 21.6 Å². The monoisotopic (exact) mass is 224 g/mol. The van der Waals surface area contributed by atoms with Crippen LogP contribution >= 0.6 is 33.3 Å². The van der Waals surface area contributed by atoms with Gasteiger partial charge in [0.05, 0.1) is 30.5 Å². The molecule has 0 saturated carbocycles. The standard InChI is InChI=1S/C6H10O2S.CH2S2/c1-5(7-1)3-9-4-6-2-8-6;1-2-3-1/h5-6H,1-4H2;1H2. The average Bonchev–Trinajstić information content (AvgIpc) is 2.90. The fraction of sp³-hybridized carbons (Fsp3) is 1.00. The number of rotatable bonds is 4. The minimum absolute atomic E-state index is 0.578. The maximum Gasteiger partial charge on any atom is 0.0900 e. The van der Waals surface area contributed by atoms with Gasteiger partial charge in [0.15, 0.2) is 0 Å². The summed E-state index contributed by atoms with van der Waals surface area (Å²) in [7, 11) is 3.83. The Labute approximate surface area is 84.9 Å². The molecule has 3 heterocycles. The Kier molecular flexibility index (Phi) is 3.97. The van der Waals surface area contributed by atoms with Crippen LogP contribution in [0.4, 0.5) is 0 Å². The molecule has 2 nitrogen and oxygen atoms in total. The van der Waals surface area contributed by atoms with Crippen LogP contribution < -0.4 is 0 Å². The number of hydrogen-bond acceptors (Lipinski definition) is 5. The van der Waals surface area contributed by atoms with Gasteiger partial charge in [-0.15, -0.1) is 0 Å². The minimum Gasteiger partial charge on any atom is -0.372 e. The lowest BCUT2D eigenvalue weighted by molar-refractivity contribution is 0.422. The highest BCUT2D eigenvalue weighted by Crippen LogP contribution is 2.41. The molecule has 3 aliphatic heterocycles. The van der Waals surface area contributed by atoms with E-state index in [1.807, 2.05) is 33.3 Å². The molecule has 0 aliphatic carbocycles. The van der Waals surface area contributed by atoms with Crippen LogP contribution in [0.25, 0.3) is 0 Å². The molecule has 0 spiro atoms. The second-order valence-corrected chi connectivity index (χ2v) is 6.71. The van der Waals surface area contributed by atoms with Gasteiger partial charge in [0.25, 0.3) is 0 Å². The molecular weight excluding hydrogens is 212 g/mol. The number of epoxide rings is 2. The van der Waals surface area contributed by atoms with Crippen molar-refractivity contribution in [1.82, 2.24) is 0 Å². The van der Waals surface area contributed by atoms with Crippen LogP contribution in [-0.2, 0) is 9.47 Å². The van der Waals surface area contributed by atoms with Gasteiger partial charge in [-0.3, -0.25) is 0 Å². The highest BCUT2D eigenvalue weighted by atomic mass is 33.2. The van der Waals surface area contributed by atoms with E-state index in [1.54, 1.807) is 0 Å². The molecule has 70 valence electrons. The van der Waals surface area contributed by atoms with Gasteiger partial charge in [0, 0.05) is 11.5 Å². The first-order valence-electron chi connectivity index (χ1n) is 4.00. The summed E-state index contributed by atoms with van der Waals surface area (Å²) in [5.41, 5.74) is 0. The van der Waals surface area contributed by atoms with Gasteiger partial charge in [-0.05, 0) is 0 Å². The normalized spacial score (nSPS) is 35.0. The molecule has 3 aliphatic rings. The Morgan fingerprint density at radius 1 is 1.08 bits per heavy atom. The van der Waals surface area contributed by atoms with Crippen LogP contribution in [0, 0.1) is 0 Å². The first-order chi connectivity index (χ1) is 5.95. The van der Waals surface area contributed by atoms with Crippen LogP contribution in [0.2, 0.25) is 0 Å². The summed E-state index contributed by atoms with van der Waals surface area (Å²) in [6.45, 7) is 1.97. The van der Waals surface area contributed by atoms with E-state index in [0.29, 0.717) is 12.2 Å². The molecule has 0 bridgehead atoms. The molecule has 0 N–H and O–H groups in total. The van der Waals surface area contributed by atoms with Gasteiger partial charge >= 0.3 is 0 Å². The summed E-state index contributed by atoms with van der Waals surface area (Å²) in [6, 6.07) is 0. The van der Waals surface area contributed by atoms with Crippen LogP contribution in [-0.4, -0.2) is 42.0 Å². The second-order valence-electron chi connectivity index (χ2n) is 2.80. The lowest BCUT2D eigenvalue weighted by Crippen LogP contribution is -1.95. The highest BCUT2D eigenvalue weighted by Gasteiger charge is 2.26. The first-order valence-corrected chi connectivity index (χ1v) is 7.65. The molecule has 2 atom stereocenters. The summed E-state index contributed by atoms with van der Waals surface area (Å²) in [4.78, 5) is 0. The molecule has 3 fully saturated rings. The first kappa shape index (κ1) is 9.52. The summed E-state index contributed by atoms with van der Waals surface area (Å²) in [5.74, 6) is 2.33. The third-order valence-corrected chi connectivity index (χ3v) is 3.69. The Bertz CT molecular complexity index is 120. The zero-order valence-electron chi connectivity index (χ0n) is 6.73. The predicted molar refractivity (Wildman–Crippen MR) is 56.9 cm³/mol. The van der Waals surface area contributed by atoms with E-state index in [9.17, 15) is 0 Å². The van der Waals surface area contributed by atoms with Crippen molar-refractivity contribution in [1.29, 1.82) is 0 Å². The Balaban J connectivity index is 0.000000159. The predicted octanol–water partition coefficient (Wildman–Crippen LogP) is 1.86. The van der Waals surface area contributed by atoms with Crippen molar-refractivity contribution in [3.05, 3.63) is 0 Å². The quantitative estimate of drug-likeness (QED) is 0.536. The van der Waals surface area contributed by atoms with Crippen LogP contribution in [0.1, 0.15) is 0 Å². The SMILES string of the molecule is C1OC1CSCC1CO1.C1SS1. The van der Waals surface area contributed by atoms with Crippen molar-refractivity contribution in [3.63, 3.8) is 0 Å². The topological polar surface area (TPSA) is 25.1 Å². The van der Waals surface area contributed by atoms with Crippen molar-refractivity contribution in [3.8, 4) is 0 Å². The van der Waals surface area contributed by atoms with Gasteiger partial charge < -0.3 is 9.47 Å². The van der Waals surface area contributed by atoms with Gasteiger partial charge in [0.1, 0.15) is 0 Å². The number of thioether (sulfide) groups is 1. The third-order valence-electron chi connectivity index (χ3n) is 1.53. The highest BCUT2D eigenvalue weighted by molar-refractivity contribution is 8.92. The van der Waals surface area contributed by atoms with Crippen molar-refractivity contribution >= 4 is 33.3 Å². The number of hydrogen-bond donors (Lipinski definition) is 0. The fourth-order valence-electron chi connectivity index (χ4n) is 0.659. The molecule has 0 aromatic heterocycles. The van der Waals surface area contributed by atoms with E-state index in [-0.39, 0.29) is 0 Å². The Hall–Kier alpha value is 0.970. The molecule has 2 unspecified atom stereocenters. The minimum atomic E-state index is 0.578. The molecule has 0 amide bonds. The summed E-state index contributed by atoms with van der Waals surface area (Å²) in [5, 5.41) is 1.33. The molecule has 0 radical (unpaired) electrons. The van der Waals surface area contributed by atoms with Crippen molar-refractivity contribution in [2.45, 2.75) is 12.2 Å². The Morgan fingerprint density at radius 2 is 1.50 bits per heavy atom. The van der Waals surface area contributed by atoms with E-state index in [0.717, 1.165) is 13.2 Å². The summed E-state index contributed by atoms with van der Waals surface area (Å²) in [6.07, 6.45) is 1.16. The van der Waals surface area contributed by atoms with Crippen LogP contribution in [0.5, 0.6) is 0 Å². The summed E-state index contributed by atoms with van der Waals surface area (Å²) < 4.78 is 10.1. The lowest BCUT2D eigenvalue weighted by atomic mass is 10.6. The van der Waals surface area contributed by atoms with E-state index < -0.39 is 0 Å². The maximum atomic E-state index is 5.05. The van der Waals surface area contributed by atoms with E-state index in [4.69, 9.17) is 9.47 Å². The third kappa shape index (κ3) is 5.59. The van der Waals surface area contributed by atoms with Gasteiger partial charge in [-0.2, -0.15) is 11.8 Å². The molecule has 3 rings (SSSR count). The largest absolute Gasteiger partial charge is 0.372 e. The average molecular weight is 224 g/mol. The summed E-state index contributed by atoms with van der Waals surface area (Å²) >= 11 is 1.94. The van der Waals surface area contributed by atoms with Crippen molar-refractivity contribution < 1.29 is 9.47 Å². The molecular formula is C7H12O2S3. The zero-order chi connectivity index (χ0) is 8.23. The van der Waals surface area contributed by atoms with Gasteiger partial charge in [0.2, 0.25) is 0 Å². The van der Waals surface area contributed by atoms with Crippen LogP contribution in [0.15, 0.2) is 0 Å². The fourth-order valence-corrected chi connectivity index (χ4v) is 1.71. The Morgan fingerprint density at radius 3 is 1.75 bits per heavy atom. The molecule has 12 heavy (non-hydrogen) atoms. The van der Waals surface area contributed by atoms with Crippen molar-refractivity contribution in [2.24, 2.45) is 0 Å². The van der Waals surface area contributed by atoms with Gasteiger partial charge in [-0.25, -0.2) is 0 Å². The molecule has 3 saturated heterocycles. The zero-order valence-corrected chi connectivity index (χ0v) is 9.18. The molecule has 5 heteroatoms. The maximum absolute atomic E-state index is 5.05. The smallest absolute Gasteiger partial charge is 0.0900 e. The van der Waals surface area contributed by atoms with E-state index >= 15 is 0 Å². The lowest BCUT2D eigenvalue weighted by Gasteiger charge is -1.91. The van der Waals surface area contributed by atoms with Crippen LogP contribution in [0.3, 0.4) is 0 Å².